The van der Waals surface area contributed by atoms with Crippen LogP contribution in [0.25, 0.3) is 11.3 Å². The van der Waals surface area contributed by atoms with Gasteiger partial charge in [0.2, 0.25) is 5.95 Å². The van der Waals surface area contributed by atoms with Crippen molar-refractivity contribution in [3.05, 3.63) is 59.2 Å². The van der Waals surface area contributed by atoms with Gasteiger partial charge in [0.25, 0.3) is 5.91 Å². The van der Waals surface area contributed by atoms with Crippen LogP contribution in [0.4, 0.5) is 16.2 Å². The molecule has 9 nitrogen and oxygen atoms in total. The van der Waals surface area contributed by atoms with Crippen molar-refractivity contribution < 1.29 is 19.0 Å². The zero-order chi connectivity index (χ0) is 23.8. The van der Waals surface area contributed by atoms with E-state index in [0.717, 1.165) is 6.54 Å². The lowest BCUT2D eigenvalue weighted by atomic mass is 10.0. The summed E-state index contributed by atoms with van der Waals surface area (Å²) in [6.45, 7) is 4.01. The molecular formula is C24H25FN6O3. The Hall–Kier alpha value is -3.63. The molecular weight excluding hydrogens is 439 g/mol. The van der Waals surface area contributed by atoms with E-state index in [-0.39, 0.29) is 30.7 Å². The Bertz CT molecular complexity index is 1250. The number of methoxy groups -OCH3 is 1. The standard InChI is InChI=1S/C24H25FN6O3/c1-14-10-20(29-24(28-14)30-9-8-26-11-15(30)13-32)31-12-17-16(23(31)33)6-7-27-22(17)21-18(25)4-3-5-19(21)34-2/h3-7,10,15,26,32H,8-9,11-13H2,1-2H3/t15-/m1/s1. The quantitative estimate of drug-likeness (QED) is 0.591. The maximum absolute atomic E-state index is 14.8. The van der Waals surface area contributed by atoms with Crippen LogP contribution in [0.15, 0.2) is 36.5 Å². The Labute approximate surface area is 196 Å². The number of carbonyl (C=O) groups excluding carboxylic acids is 1. The van der Waals surface area contributed by atoms with E-state index in [1.54, 1.807) is 29.2 Å². The van der Waals surface area contributed by atoms with E-state index in [9.17, 15) is 14.3 Å². The number of pyridine rings is 1. The van der Waals surface area contributed by atoms with Crippen molar-refractivity contribution >= 4 is 17.7 Å². The van der Waals surface area contributed by atoms with Gasteiger partial charge < -0.3 is 20.1 Å². The van der Waals surface area contributed by atoms with Gasteiger partial charge >= 0.3 is 0 Å². The fourth-order valence-electron chi connectivity index (χ4n) is 4.52. The number of aliphatic hydroxyl groups is 1. The van der Waals surface area contributed by atoms with E-state index in [4.69, 9.17) is 4.74 Å². The van der Waals surface area contributed by atoms with Crippen molar-refractivity contribution in [3.63, 3.8) is 0 Å². The van der Waals surface area contributed by atoms with Gasteiger partial charge in [0.1, 0.15) is 17.4 Å². The van der Waals surface area contributed by atoms with E-state index in [1.165, 1.54) is 19.4 Å². The molecule has 0 saturated carbocycles. The maximum atomic E-state index is 14.8. The number of nitrogens with zero attached hydrogens (tertiary/aromatic N) is 5. The highest BCUT2D eigenvalue weighted by molar-refractivity contribution is 6.10. The second-order valence-corrected chi connectivity index (χ2v) is 8.30. The minimum atomic E-state index is -0.472. The van der Waals surface area contributed by atoms with E-state index in [0.29, 0.717) is 53.1 Å². The number of carbonyl (C=O) groups is 1. The van der Waals surface area contributed by atoms with Crippen LogP contribution in [-0.2, 0) is 6.54 Å². The molecule has 2 N–H and O–H groups in total. The number of piperazine rings is 1. The summed E-state index contributed by atoms with van der Waals surface area (Å²) < 4.78 is 20.2. The number of aryl methyl sites for hydroxylation is 1. The van der Waals surface area contributed by atoms with Crippen LogP contribution in [0, 0.1) is 12.7 Å². The van der Waals surface area contributed by atoms with Crippen LogP contribution in [0.1, 0.15) is 21.6 Å². The third-order valence-electron chi connectivity index (χ3n) is 6.20. The van der Waals surface area contributed by atoms with E-state index < -0.39 is 5.82 Å². The van der Waals surface area contributed by atoms with Crippen molar-refractivity contribution in [2.75, 3.05) is 43.2 Å². The van der Waals surface area contributed by atoms with Gasteiger partial charge in [-0.1, -0.05) is 6.07 Å². The Kier molecular flexibility index (Phi) is 5.84. The Morgan fingerprint density at radius 2 is 2.15 bits per heavy atom. The fraction of sp³-hybridized carbons (Fsp3) is 0.333. The molecule has 10 heteroatoms. The number of amides is 1. The number of aliphatic hydroxyl groups excluding tert-OH is 1. The zero-order valence-electron chi connectivity index (χ0n) is 19.0. The van der Waals surface area contributed by atoms with E-state index in [1.807, 2.05) is 11.8 Å². The average molecular weight is 465 g/mol. The van der Waals surface area contributed by atoms with E-state index >= 15 is 0 Å². The Balaban J connectivity index is 1.55. The second kappa shape index (κ2) is 8.96. The highest BCUT2D eigenvalue weighted by Gasteiger charge is 2.34. The van der Waals surface area contributed by atoms with Gasteiger partial charge in [-0.05, 0) is 25.1 Å². The van der Waals surface area contributed by atoms with E-state index in [2.05, 4.69) is 20.3 Å². The summed E-state index contributed by atoms with van der Waals surface area (Å²) in [5.41, 5.74) is 2.36. The number of fused-ring (bicyclic) bond motifs is 1. The lowest BCUT2D eigenvalue weighted by molar-refractivity contribution is 0.0996. The van der Waals surface area contributed by atoms with Crippen LogP contribution in [0.2, 0.25) is 0 Å². The zero-order valence-corrected chi connectivity index (χ0v) is 19.0. The third kappa shape index (κ3) is 3.74. The molecule has 2 aliphatic heterocycles. The number of ether oxygens (including phenoxy) is 1. The largest absolute Gasteiger partial charge is 0.496 e. The number of halogens is 1. The summed E-state index contributed by atoms with van der Waals surface area (Å²) in [5.74, 6) is 0.552. The van der Waals surface area contributed by atoms with Crippen LogP contribution in [-0.4, -0.2) is 65.4 Å². The molecule has 0 bridgehead atoms. The first-order chi connectivity index (χ1) is 16.5. The second-order valence-electron chi connectivity index (χ2n) is 8.30. The predicted molar refractivity (Wildman–Crippen MR) is 125 cm³/mol. The minimum absolute atomic E-state index is 0.0345. The molecule has 1 amide bonds. The number of nitrogens with one attached hydrogen (secondary N) is 1. The van der Waals surface area contributed by atoms with Crippen LogP contribution >= 0.6 is 0 Å². The van der Waals surface area contributed by atoms with Crippen molar-refractivity contribution in [2.24, 2.45) is 0 Å². The molecule has 0 radical (unpaired) electrons. The van der Waals surface area contributed by atoms with Crippen molar-refractivity contribution in [2.45, 2.75) is 19.5 Å². The van der Waals surface area contributed by atoms with Gasteiger partial charge in [-0.25, -0.2) is 9.37 Å². The number of benzene rings is 1. The number of rotatable bonds is 5. The Morgan fingerprint density at radius 3 is 2.94 bits per heavy atom. The first kappa shape index (κ1) is 22.2. The van der Waals surface area contributed by atoms with Crippen LogP contribution < -0.4 is 19.9 Å². The van der Waals surface area contributed by atoms with Crippen molar-refractivity contribution in [1.29, 1.82) is 0 Å². The molecule has 3 aromatic rings. The first-order valence-corrected chi connectivity index (χ1v) is 11.1. The van der Waals surface area contributed by atoms with Crippen molar-refractivity contribution in [1.82, 2.24) is 20.3 Å². The summed E-state index contributed by atoms with van der Waals surface area (Å²) in [5, 5.41) is 13.0. The number of hydrogen-bond acceptors (Lipinski definition) is 8. The van der Waals surface area contributed by atoms with Crippen LogP contribution in [0.5, 0.6) is 5.75 Å². The molecule has 1 atom stereocenters. The molecule has 1 aromatic carbocycles. The number of aromatic nitrogens is 3. The molecule has 1 fully saturated rings. The van der Waals surface area contributed by atoms with Crippen molar-refractivity contribution in [3.8, 4) is 17.0 Å². The SMILES string of the molecule is COc1cccc(F)c1-c1nccc2c1CN(c1cc(C)nc(N3CCNC[C@@H]3CO)n1)C2=O. The van der Waals surface area contributed by atoms with Gasteiger partial charge in [-0.2, -0.15) is 4.98 Å². The highest BCUT2D eigenvalue weighted by Crippen LogP contribution is 2.38. The van der Waals surface area contributed by atoms with Gasteiger partial charge in [0, 0.05) is 48.7 Å². The molecule has 2 aromatic heterocycles. The molecule has 0 aliphatic carbocycles. The summed E-state index contributed by atoms with van der Waals surface area (Å²) in [6.07, 6.45) is 1.50. The Morgan fingerprint density at radius 1 is 1.29 bits per heavy atom. The average Bonchev–Trinajstić information content (AvgIpc) is 3.20. The maximum Gasteiger partial charge on any atom is 0.260 e. The molecule has 176 valence electrons. The molecule has 0 unspecified atom stereocenters. The lowest BCUT2D eigenvalue weighted by Crippen LogP contribution is -2.53. The summed E-state index contributed by atoms with van der Waals surface area (Å²) >= 11 is 0. The monoisotopic (exact) mass is 464 g/mol. The number of anilines is 2. The topological polar surface area (TPSA) is 104 Å². The molecule has 1 saturated heterocycles. The normalized spacial score (nSPS) is 17.8. The highest BCUT2D eigenvalue weighted by atomic mass is 19.1. The van der Waals surface area contributed by atoms with Gasteiger partial charge in [0.05, 0.1) is 37.6 Å². The van der Waals surface area contributed by atoms with Gasteiger partial charge in [0.15, 0.2) is 0 Å². The molecule has 2 aliphatic rings. The molecule has 0 spiro atoms. The molecule has 5 rings (SSSR count). The third-order valence-corrected chi connectivity index (χ3v) is 6.20. The van der Waals surface area contributed by atoms with Gasteiger partial charge in [-0.3, -0.25) is 14.7 Å². The predicted octanol–water partition coefficient (Wildman–Crippen LogP) is 1.93. The lowest BCUT2D eigenvalue weighted by Gasteiger charge is -2.35. The summed E-state index contributed by atoms with van der Waals surface area (Å²) in [6, 6.07) is 7.82. The first-order valence-electron chi connectivity index (χ1n) is 11.1. The summed E-state index contributed by atoms with van der Waals surface area (Å²) in [4.78, 5) is 30.6. The molecule has 34 heavy (non-hydrogen) atoms. The van der Waals surface area contributed by atoms with Crippen LogP contribution in [0.3, 0.4) is 0 Å². The fourth-order valence-corrected chi connectivity index (χ4v) is 4.52. The number of hydrogen-bond donors (Lipinski definition) is 2. The minimum Gasteiger partial charge on any atom is -0.496 e. The molecule has 4 heterocycles. The smallest absolute Gasteiger partial charge is 0.260 e. The van der Waals surface area contributed by atoms with Gasteiger partial charge in [-0.15, -0.1) is 0 Å². The summed E-state index contributed by atoms with van der Waals surface area (Å²) in [7, 11) is 1.47.